The van der Waals surface area contributed by atoms with Crippen LogP contribution in [0.3, 0.4) is 0 Å². The molecule has 0 radical (unpaired) electrons. The van der Waals surface area contributed by atoms with Crippen LogP contribution in [0.5, 0.6) is 0 Å². The molecule has 1 aliphatic rings. The van der Waals surface area contributed by atoms with Crippen LogP contribution in [0.4, 0.5) is 5.69 Å². The van der Waals surface area contributed by atoms with Crippen molar-refractivity contribution in [3.63, 3.8) is 0 Å². The Morgan fingerprint density at radius 1 is 1.35 bits per heavy atom. The lowest BCUT2D eigenvalue weighted by atomic mass is 10.1. The molecule has 0 spiro atoms. The van der Waals surface area contributed by atoms with E-state index >= 15 is 0 Å². The van der Waals surface area contributed by atoms with Gasteiger partial charge in [0, 0.05) is 36.8 Å². The van der Waals surface area contributed by atoms with Gasteiger partial charge in [0.05, 0.1) is 4.92 Å². The summed E-state index contributed by atoms with van der Waals surface area (Å²) in [7, 11) is 0. The molecule has 1 saturated heterocycles. The molecule has 0 saturated carbocycles. The molecule has 8 nitrogen and oxygen atoms in total. The number of nitrogens with one attached hydrogen (secondary N) is 2. The smallest absolute Gasteiger partial charge is 0.272 e. The molecule has 144 valence electrons. The van der Waals surface area contributed by atoms with Gasteiger partial charge in [-0.25, -0.2) is 0 Å². The first-order valence-electron chi connectivity index (χ1n) is 8.50. The molecular weight excluding hydrogens is 360 g/mol. The van der Waals surface area contributed by atoms with Crippen LogP contribution in [0.25, 0.3) is 0 Å². The number of nitrogens with zero attached hydrogens (tertiary/aromatic N) is 2. The van der Waals surface area contributed by atoms with Gasteiger partial charge in [0.15, 0.2) is 0 Å². The third-order valence-electron chi connectivity index (χ3n) is 4.31. The van der Waals surface area contributed by atoms with E-state index in [2.05, 4.69) is 10.6 Å². The van der Waals surface area contributed by atoms with Crippen molar-refractivity contribution in [2.45, 2.75) is 32.7 Å². The van der Waals surface area contributed by atoms with E-state index in [-0.39, 0.29) is 29.9 Å². The Morgan fingerprint density at radius 2 is 2.08 bits per heavy atom. The molecule has 2 N–H and O–H groups in total. The summed E-state index contributed by atoms with van der Waals surface area (Å²) in [6, 6.07) is 3.82. The normalized spacial score (nSPS) is 16.1. The lowest BCUT2D eigenvalue weighted by Gasteiger charge is -2.24. The van der Waals surface area contributed by atoms with E-state index < -0.39 is 11.0 Å². The van der Waals surface area contributed by atoms with Crippen LogP contribution in [0.1, 0.15) is 35.7 Å². The Morgan fingerprint density at radius 3 is 2.69 bits per heavy atom. The van der Waals surface area contributed by atoms with Crippen LogP contribution in [-0.2, 0) is 4.79 Å². The van der Waals surface area contributed by atoms with Crippen LogP contribution in [0.15, 0.2) is 18.2 Å². The highest BCUT2D eigenvalue weighted by molar-refractivity contribution is 5.98. The van der Waals surface area contributed by atoms with Crippen LogP contribution in [0.2, 0.25) is 0 Å². The Balaban J connectivity index is 0.00000338. The van der Waals surface area contributed by atoms with Crippen molar-refractivity contribution in [3.05, 3.63) is 39.4 Å². The van der Waals surface area contributed by atoms with Crippen molar-refractivity contribution in [1.29, 1.82) is 0 Å². The minimum Gasteiger partial charge on any atom is -0.353 e. The van der Waals surface area contributed by atoms with Gasteiger partial charge in [-0.05, 0) is 38.4 Å². The summed E-state index contributed by atoms with van der Waals surface area (Å²) in [5, 5.41) is 16.9. The van der Waals surface area contributed by atoms with Gasteiger partial charge in [-0.15, -0.1) is 12.4 Å². The Kier molecular flexibility index (Phi) is 8.47. The summed E-state index contributed by atoms with van der Waals surface area (Å²) >= 11 is 0. The Bertz CT molecular complexity index is 668. The molecule has 1 atom stereocenters. The number of rotatable bonds is 7. The average Bonchev–Trinajstić information content (AvgIpc) is 3.07. The number of carbonyl (C=O) groups excluding carboxylic acids is 2. The van der Waals surface area contributed by atoms with Gasteiger partial charge < -0.3 is 15.5 Å². The van der Waals surface area contributed by atoms with E-state index in [0.717, 1.165) is 13.0 Å². The van der Waals surface area contributed by atoms with Gasteiger partial charge in [0.1, 0.15) is 6.04 Å². The van der Waals surface area contributed by atoms with Crippen molar-refractivity contribution in [2.75, 3.05) is 26.2 Å². The van der Waals surface area contributed by atoms with E-state index in [4.69, 9.17) is 0 Å². The van der Waals surface area contributed by atoms with Crippen LogP contribution >= 0.6 is 12.4 Å². The first-order chi connectivity index (χ1) is 12.0. The molecule has 1 aromatic rings. The number of nitro benzene ring substituents is 1. The maximum atomic E-state index is 12.7. The summed E-state index contributed by atoms with van der Waals surface area (Å²) in [4.78, 5) is 37.1. The molecule has 1 heterocycles. The number of halogens is 1. The van der Waals surface area contributed by atoms with Gasteiger partial charge in [-0.1, -0.05) is 6.92 Å². The number of likely N-dealkylation sites (N-methyl/N-ethyl adjacent to an activating group) is 1. The predicted molar refractivity (Wildman–Crippen MR) is 101 cm³/mol. The van der Waals surface area contributed by atoms with E-state index in [1.54, 1.807) is 11.8 Å². The standard InChI is InChI=1S/C17H24N4O4.ClH/c1-3-18-8-9-19-16(22)15-5-4-10-20(15)17(23)13-6-7-14(21(24)25)12(2)11-13;/h6-7,11,15,18H,3-5,8-10H2,1-2H3,(H,19,22);1H. The fraction of sp³-hybridized carbons (Fsp3) is 0.529. The van der Waals surface area contributed by atoms with Crippen molar-refractivity contribution in [3.8, 4) is 0 Å². The highest BCUT2D eigenvalue weighted by Gasteiger charge is 2.34. The van der Waals surface area contributed by atoms with Gasteiger partial charge in [-0.3, -0.25) is 19.7 Å². The zero-order valence-corrected chi connectivity index (χ0v) is 15.8. The summed E-state index contributed by atoms with van der Waals surface area (Å²) < 4.78 is 0. The van der Waals surface area contributed by atoms with E-state index in [0.29, 0.717) is 37.2 Å². The highest BCUT2D eigenvalue weighted by atomic mass is 35.5. The van der Waals surface area contributed by atoms with Crippen molar-refractivity contribution < 1.29 is 14.5 Å². The minimum absolute atomic E-state index is 0. The number of amides is 2. The number of likely N-dealkylation sites (tertiary alicyclic amines) is 1. The Hall–Kier alpha value is -2.19. The molecule has 0 aromatic heterocycles. The van der Waals surface area contributed by atoms with Crippen molar-refractivity contribution in [1.82, 2.24) is 15.5 Å². The van der Waals surface area contributed by atoms with E-state index in [1.165, 1.54) is 18.2 Å². The molecule has 0 aliphatic carbocycles. The molecule has 0 bridgehead atoms. The first kappa shape index (κ1) is 21.9. The number of hydrogen-bond donors (Lipinski definition) is 2. The molecule has 1 aliphatic heterocycles. The van der Waals surface area contributed by atoms with Gasteiger partial charge in [-0.2, -0.15) is 0 Å². The zero-order chi connectivity index (χ0) is 18.4. The molecule has 1 unspecified atom stereocenters. The zero-order valence-electron chi connectivity index (χ0n) is 15.0. The van der Waals surface area contributed by atoms with E-state index in [9.17, 15) is 19.7 Å². The monoisotopic (exact) mass is 384 g/mol. The largest absolute Gasteiger partial charge is 0.353 e. The molecule has 26 heavy (non-hydrogen) atoms. The fourth-order valence-corrected chi connectivity index (χ4v) is 3.01. The number of carbonyl (C=O) groups is 2. The lowest BCUT2D eigenvalue weighted by molar-refractivity contribution is -0.385. The minimum atomic E-state index is -0.482. The van der Waals surface area contributed by atoms with Crippen LogP contribution in [-0.4, -0.2) is 53.9 Å². The number of aryl methyl sites for hydroxylation is 1. The maximum absolute atomic E-state index is 12.7. The second-order valence-electron chi connectivity index (χ2n) is 6.06. The summed E-state index contributed by atoms with van der Waals surface area (Å²) in [6.45, 7) is 6.14. The van der Waals surface area contributed by atoms with E-state index in [1.807, 2.05) is 6.92 Å². The maximum Gasteiger partial charge on any atom is 0.272 e. The van der Waals surface area contributed by atoms with Gasteiger partial charge in [0.25, 0.3) is 11.6 Å². The molecule has 9 heteroatoms. The van der Waals surface area contributed by atoms with Crippen LogP contribution in [0, 0.1) is 17.0 Å². The van der Waals surface area contributed by atoms with Gasteiger partial charge in [0.2, 0.25) is 5.91 Å². The number of benzene rings is 1. The second kappa shape index (κ2) is 10.1. The molecular formula is C17H25ClN4O4. The van der Waals surface area contributed by atoms with Crippen molar-refractivity contribution >= 4 is 29.9 Å². The predicted octanol–water partition coefficient (Wildman–Crippen LogP) is 1.66. The first-order valence-corrected chi connectivity index (χ1v) is 8.50. The molecule has 1 aromatic carbocycles. The second-order valence-corrected chi connectivity index (χ2v) is 6.06. The van der Waals surface area contributed by atoms with Crippen LogP contribution < -0.4 is 10.6 Å². The quantitative estimate of drug-likeness (QED) is 0.422. The molecule has 2 amide bonds. The summed E-state index contributed by atoms with van der Waals surface area (Å²) in [5.74, 6) is -0.412. The SMILES string of the molecule is CCNCCNC(=O)C1CCCN1C(=O)c1ccc([N+](=O)[O-])c(C)c1.Cl. The highest BCUT2D eigenvalue weighted by Crippen LogP contribution is 2.23. The summed E-state index contributed by atoms with van der Waals surface area (Å²) in [6.07, 6.45) is 1.40. The molecule has 1 fully saturated rings. The number of nitro groups is 1. The van der Waals surface area contributed by atoms with Gasteiger partial charge >= 0.3 is 0 Å². The fourth-order valence-electron chi connectivity index (χ4n) is 3.01. The third-order valence-corrected chi connectivity index (χ3v) is 4.31. The topological polar surface area (TPSA) is 105 Å². The van der Waals surface area contributed by atoms with Crippen molar-refractivity contribution in [2.24, 2.45) is 0 Å². The summed E-state index contributed by atoms with van der Waals surface area (Å²) in [5.41, 5.74) is 0.785. The average molecular weight is 385 g/mol. The molecule has 2 rings (SSSR count). The third kappa shape index (κ3) is 5.15. The lowest BCUT2D eigenvalue weighted by Crippen LogP contribution is -2.47. The number of hydrogen-bond acceptors (Lipinski definition) is 5. The Labute approximate surface area is 158 Å².